The number of hydrogen-bond acceptors (Lipinski definition) is 1. The third-order valence-corrected chi connectivity index (χ3v) is 3.97. The number of rotatable bonds is 3. The fraction of sp³-hybridized carbons (Fsp3) is 0.900. The first-order valence-corrected chi connectivity index (χ1v) is 4.52. The average Bonchev–Trinajstić information content (AvgIpc) is 2.21. The Hall–Kier alpha value is -0.530. The zero-order valence-corrected chi connectivity index (χ0v) is 8.35. The lowest BCUT2D eigenvalue weighted by molar-refractivity contribution is -0.137. The van der Waals surface area contributed by atoms with Crippen molar-refractivity contribution < 1.29 is 9.90 Å². The van der Waals surface area contributed by atoms with E-state index in [-0.39, 0.29) is 0 Å². The van der Waals surface area contributed by atoms with Crippen LogP contribution in [0.3, 0.4) is 0 Å². The molecule has 1 saturated carbocycles. The molecule has 0 amide bonds. The highest BCUT2D eigenvalue weighted by Crippen LogP contribution is 2.69. The van der Waals surface area contributed by atoms with Gasteiger partial charge in [0.2, 0.25) is 0 Å². The largest absolute Gasteiger partial charge is 0.481 e. The molecule has 1 aliphatic carbocycles. The summed E-state index contributed by atoms with van der Waals surface area (Å²) in [6, 6.07) is 0. The van der Waals surface area contributed by atoms with Crippen molar-refractivity contribution in [2.75, 3.05) is 0 Å². The zero-order chi connectivity index (χ0) is 9.57. The summed E-state index contributed by atoms with van der Waals surface area (Å²) in [6.45, 7) is 8.89. The maximum absolute atomic E-state index is 10.4. The van der Waals surface area contributed by atoms with Crippen LogP contribution < -0.4 is 0 Å². The van der Waals surface area contributed by atoms with Crippen molar-refractivity contribution in [2.45, 2.75) is 40.5 Å². The van der Waals surface area contributed by atoms with E-state index < -0.39 is 5.97 Å². The molecule has 0 atom stereocenters. The van der Waals surface area contributed by atoms with Gasteiger partial charge in [-0.05, 0) is 23.2 Å². The van der Waals surface area contributed by atoms with Gasteiger partial charge in [-0.2, -0.15) is 0 Å². The van der Waals surface area contributed by atoms with Gasteiger partial charge >= 0.3 is 5.97 Å². The molecule has 0 aromatic rings. The van der Waals surface area contributed by atoms with Crippen LogP contribution in [0.1, 0.15) is 40.5 Å². The second-order valence-electron chi connectivity index (χ2n) is 4.93. The van der Waals surface area contributed by atoms with Crippen molar-refractivity contribution in [1.82, 2.24) is 0 Å². The molecule has 0 radical (unpaired) electrons. The molecule has 0 unspecified atom stereocenters. The van der Waals surface area contributed by atoms with Crippen LogP contribution in [0.5, 0.6) is 0 Å². The Labute approximate surface area is 74.0 Å². The van der Waals surface area contributed by atoms with Crippen LogP contribution in [-0.4, -0.2) is 11.1 Å². The van der Waals surface area contributed by atoms with Crippen LogP contribution in [0.4, 0.5) is 0 Å². The van der Waals surface area contributed by atoms with E-state index in [1.54, 1.807) is 0 Å². The van der Waals surface area contributed by atoms with Gasteiger partial charge in [-0.15, -0.1) is 0 Å². The van der Waals surface area contributed by atoms with Gasteiger partial charge in [-0.1, -0.05) is 27.7 Å². The maximum atomic E-state index is 10.4. The second-order valence-corrected chi connectivity index (χ2v) is 4.93. The van der Waals surface area contributed by atoms with E-state index in [0.29, 0.717) is 23.2 Å². The Morgan fingerprint density at radius 2 is 1.67 bits per heavy atom. The van der Waals surface area contributed by atoms with Gasteiger partial charge in [-0.3, -0.25) is 4.79 Å². The lowest BCUT2D eigenvalue weighted by Gasteiger charge is -2.04. The highest BCUT2D eigenvalue weighted by molar-refractivity contribution is 5.66. The molecule has 0 bridgehead atoms. The van der Waals surface area contributed by atoms with Gasteiger partial charge in [0.25, 0.3) is 0 Å². The number of carboxylic acids is 1. The minimum absolute atomic E-state index is 0.317. The first-order valence-electron chi connectivity index (χ1n) is 4.52. The van der Waals surface area contributed by atoms with E-state index in [4.69, 9.17) is 5.11 Å². The van der Waals surface area contributed by atoms with E-state index >= 15 is 0 Å². The zero-order valence-electron chi connectivity index (χ0n) is 8.35. The molecule has 0 aromatic heterocycles. The Morgan fingerprint density at radius 3 is 1.92 bits per heavy atom. The summed E-state index contributed by atoms with van der Waals surface area (Å²) in [5.41, 5.74) is 0.672. The van der Waals surface area contributed by atoms with Crippen molar-refractivity contribution in [3.8, 4) is 0 Å². The molecule has 2 nitrogen and oxygen atoms in total. The van der Waals surface area contributed by atoms with Gasteiger partial charge in [0.05, 0.1) is 0 Å². The monoisotopic (exact) mass is 170 g/mol. The summed E-state index contributed by atoms with van der Waals surface area (Å²) in [5, 5.41) is 8.53. The quantitative estimate of drug-likeness (QED) is 0.706. The smallest absolute Gasteiger partial charge is 0.303 e. The number of carboxylic acid groups (broad SMARTS) is 1. The fourth-order valence-corrected chi connectivity index (χ4v) is 2.32. The molecule has 0 saturated heterocycles. The van der Waals surface area contributed by atoms with Gasteiger partial charge < -0.3 is 5.11 Å². The van der Waals surface area contributed by atoms with Crippen molar-refractivity contribution in [1.29, 1.82) is 0 Å². The maximum Gasteiger partial charge on any atom is 0.303 e. The van der Waals surface area contributed by atoms with Gasteiger partial charge in [0.15, 0.2) is 0 Å². The molecule has 0 heterocycles. The standard InChI is InChI=1S/C10H18O2/c1-9(2)7(10(9,3)4)5-6-8(11)12/h7H,5-6H2,1-4H3,(H,11,12). The topological polar surface area (TPSA) is 37.3 Å². The highest BCUT2D eigenvalue weighted by atomic mass is 16.4. The van der Waals surface area contributed by atoms with E-state index in [2.05, 4.69) is 27.7 Å². The Bertz CT molecular complexity index is 190. The average molecular weight is 170 g/mol. The van der Waals surface area contributed by atoms with Crippen LogP contribution in [-0.2, 0) is 4.79 Å². The molecule has 0 spiro atoms. The van der Waals surface area contributed by atoms with Crippen molar-refractivity contribution in [2.24, 2.45) is 16.7 Å². The van der Waals surface area contributed by atoms with E-state index in [0.717, 1.165) is 6.42 Å². The molecule has 0 aromatic carbocycles. The number of hydrogen-bond donors (Lipinski definition) is 1. The molecule has 1 N–H and O–H groups in total. The molecule has 1 aliphatic rings. The summed E-state index contributed by atoms with van der Waals surface area (Å²) in [5.74, 6) is -0.0883. The summed E-state index contributed by atoms with van der Waals surface area (Å²) < 4.78 is 0. The van der Waals surface area contributed by atoms with Crippen LogP contribution >= 0.6 is 0 Å². The van der Waals surface area contributed by atoms with E-state index in [9.17, 15) is 4.79 Å². The lowest BCUT2D eigenvalue weighted by atomic mass is 10.0. The van der Waals surface area contributed by atoms with Crippen LogP contribution in [0.15, 0.2) is 0 Å². The Morgan fingerprint density at radius 1 is 1.25 bits per heavy atom. The third kappa shape index (κ3) is 1.23. The van der Waals surface area contributed by atoms with Crippen molar-refractivity contribution in [3.63, 3.8) is 0 Å². The van der Waals surface area contributed by atoms with Gasteiger partial charge in [0, 0.05) is 6.42 Å². The summed E-state index contributed by atoms with van der Waals surface area (Å²) in [4.78, 5) is 10.4. The highest BCUT2D eigenvalue weighted by Gasteiger charge is 2.63. The summed E-state index contributed by atoms with van der Waals surface area (Å²) >= 11 is 0. The second kappa shape index (κ2) is 2.48. The van der Waals surface area contributed by atoms with Crippen LogP contribution in [0.2, 0.25) is 0 Å². The first kappa shape index (κ1) is 9.56. The normalized spacial score (nSPS) is 25.3. The van der Waals surface area contributed by atoms with Crippen molar-refractivity contribution in [3.05, 3.63) is 0 Å². The van der Waals surface area contributed by atoms with Gasteiger partial charge in [0.1, 0.15) is 0 Å². The summed E-state index contributed by atoms with van der Waals surface area (Å²) in [7, 11) is 0. The van der Waals surface area contributed by atoms with E-state index in [1.807, 2.05) is 0 Å². The molecular weight excluding hydrogens is 152 g/mol. The molecule has 1 fully saturated rings. The lowest BCUT2D eigenvalue weighted by Crippen LogP contribution is -1.97. The minimum atomic E-state index is -0.673. The predicted octanol–water partition coefficient (Wildman–Crippen LogP) is 2.53. The molecule has 1 rings (SSSR count). The van der Waals surface area contributed by atoms with Crippen LogP contribution in [0, 0.1) is 16.7 Å². The minimum Gasteiger partial charge on any atom is -0.481 e. The number of aliphatic carboxylic acids is 1. The molecule has 2 heteroatoms. The van der Waals surface area contributed by atoms with Crippen LogP contribution in [0.25, 0.3) is 0 Å². The SMILES string of the molecule is CC1(C)C(CCC(=O)O)C1(C)C. The predicted molar refractivity (Wildman–Crippen MR) is 47.9 cm³/mol. The fourth-order valence-electron chi connectivity index (χ4n) is 2.32. The Kier molecular flexibility index (Phi) is 1.97. The molecule has 0 aliphatic heterocycles. The van der Waals surface area contributed by atoms with Crippen molar-refractivity contribution >= 4 is 5.97 Å². The third-order valence-electron chi connectivity index (χ3n) is 3.97. The Balaban J connectivity index is 2.44. The molecular formula is C10H18O2. The summed E-state index contributed by atoms with van der Waals surface area (Å²) in [6.07, 6.45) is 1.15. The molecule has 70 valence electrons. The van der Waals surface area contributed by atoms with Gasteiger partial charge in [-0.25, -0.2) is 0 Å². The van der Waals surface area contributed by atoms with E-state index in [1.165, 1.54) is 0 Å². The molecule has 12 heavy (non-hydrogen) atoms. The number of carbonyl (C=O) groups is 1. The first-order chi connectivity index (χ1) is 5.30.